The summed E-state index contributed by atoms with van der Waals surface area (Å²) < 4.78 is 21.1. The summed E-state index contributed by atoms with van der Waals surface area (Å²) in [7, 11) is 0. The first-order valence-corrected chi connectivity index (χ1v) is 11.0. The summed E-state index contributed by atoms with van der Waals surface area (Å²) in [5.74, 6) is -0.482. The van der Waals surface area contributed by atoms with Crippen LogP contribution in [0.4, 0.5) is 14.9 Å². The van der Waals surface area contributed by atoms with E-state index in [0.717, 1.165) is 0 Å². The molecule has 2 heterocycles. The molecule has 168 valence electrons. The number of halogens is 3. The maximum Gasteiger partial charge on any atom is 0.329 e. The highest BCUT2D eigenvalue weighted by Crippen LogP contribution is 2.43. The average molecular weight is 480 g/mol. The van der Waals surface area contributed by atoms with Crippen LogP contribution >= 0.6 is 23.2 Å². The first-order chi connectivity index (χ1) is 15.3. The largest absolute Gasteiger partial charge is 0.482 e. The van der Waals surface area contributed by atoms with Crippen molar-refractivity contribution in [2.45, 2.75) is 31.1 Å². The van der Waals surface area contributed by atoms with E-state index in [2.05, 4.69) is 10.2 Å². The second-order valence-electron chi connectivity index (χ2n) is 8.26. The number of rotatable bonds is 4. The molecule has 0 saturated carbocycles. The maximum atomic E-state index is 14.7. The van der Waals surface area contributed by atoms with Crippen molar-refractivity contribution >= 4 is 40.8 Å². The average Bonchev–Trinajstić information content (AvgIpc) is 3.41. The highest BCUT2D eigenvalue weighted by Gasteiger charge is 2.42. The summed E-state index contributed by atoms with van der Waals surface area (Å²) in [6, 6.07) is 7.05. The number of aliphatic hydroxyl groups excluding tert-OH is 1. The van der Waals surface area contributed by atoms with Gasteiger partial charge in [0, 0.05) is 35.4 Å². The van der Waals surface area contributed by atoms with Gasteiger partial charge in [-0.2, -0.15) is 0 Å². The monoisotopic (exact) mass is 479 g/mol. The number of benzene rings is 2. The van der Waals surface area contributed by atoms with E-state index >= 15 is 0 Å². The van der Waals surface area contributed by atoms with Gasteiger partial charge in [-0.1, -0.05) is 23.2 Å². The van der Waals surface area contributed by atoms with Crippen molar-refractivity contribution in [3.8, 4) is 5.75 Å². The van der Waals surface area contributed by atoms with Crippen LogP contribution in [0, 0.1) is 5.82 Å². The molecule has 2 aromatic carbocycles. The molecule has 0 spiro atoms. The number of ether oxygens (including phenoxy) is 1. The Morgan fingerprint density at radius 3 is 2.69 bits per heavy atom. The van der Waals surface area contributed by atoms with Crippen LogP contribution in [0.3, 0.4) is 0 Å². The van der Waals surface area contributed by atoms with Crippen LogP contribution < -0.4 is 15.0 Å². The summed E-state index contributed by atoms with van der Waals surface area (Å²) in [5, 5.41) is 12.8. The van der Waals surface area contributed by atoms with Gasteiger partial charge < -0.3 is 9.84 Å². The van der Waals surface area contributed by atoms with Gasteiger partial charge in [-0.3, -0.25) is 19.9 Å². The lowest BCUT2D eigenvalue weighted by Gasteiger charge is -2.30. The number of hydrogen-bond acceptors (Lipinski definition) is 5. The number of fused-ring (bicyclic) bond motifs is 1. The Kier molecular flexibility index (Phi) is 5.49. The number of carbonyl (C=O) groups is 2. The van der Waals surface area contributed by atoms with E-state index < -0.39 is 30.0 Å². The van der Waals surface area contributed by atoms with Gasteiger partial charge in [-0.05, 0) is 42.7 Å². The van der Waals surface area contributed by atoms with Gasteiger partial charge in [0.1, 0.15) is 24.2 Å². The second kappa shape index (κ2) is 8.19. The summed E-state index contributed by atoms with van der Waals surface area (Å²) in [6.45, 7) is 1.04. The smallest absolute Gasteiger partial charge is 0.329 e. The number of likely N-dealkylation sites (tertiary alicyclic amines) is 1. The normalized spacial score (nSPS) is 25.4. The van der Waals surface area contributed by atoms with Crippen LogP contribution in [0.5, 0.6) is 5.75 Å². The minimum atomic E-state index is -0.578. The van der Waals surface area contributed by atoms with Crippen LogP contribution in [0.15, 0.2) is 30.3 Å². The number of imide groups is 1. The molecule has 2 saturated heterocycles. The van der Waals surface area contributed by atoms with E-state index in [1.165, 1.54) is 11.0 Å². The summed E-state index contributed by atoms with van der Waals surface area (Å²) in [4.78, 5) is 27.0. The molecule has 2 aliphatic heterocycles. The molecule has 2 N–H and O–H groups in total. The summed E-state index contributed by atoms with van der Waals surface area (Å²) in [5.41, 5.74) is 1.62. The highest BCUT2D eigenvalue weighted by molar-refractivity contribution is 6.32. The van der Waals surface area contributed by atoms with E-state index in [1.807, 2.05) is 0 Å². The molecular weight excluding hydrogens is 460 g/mol. The predicted octanol–water partition coefficient (Wildman–Crippen LogP) is 3.30. The molecular formula is C22H20Cl2FN3O4. The SMILES string of the molecule is O=C1CN(c2ccc(Cl)c(O[C@H]3c4cc(Cl)cc(F)c4C[C@@H]3N3CC[C@@H](O)C3)c2)C(=O)N1. The van der Waals surface area contributed by atoms with Crippen LogP contribution in [-0.2, 0) is 11.2 Å². The number of nitrogens with zero attached hydrogens (tertiary/aromatic N) is 2. The lowest BCUT2D eigenvalue weighted by Crippen LogP contribution is -2.39. The van der Waals surface area contributed by atoms with Crippen molar-refractivity contribution in [1.29, 1.82) is 0 Å². The third-order valence-corrected chi connectivity index (χ3v) is 6.73. The molecule has 2 aromatic rings. The Morgan fingerprint density at radius 2 is 2.00 bits per heavy atom. The summed E-state index contributed by atoms with van der Waals surface area (Å²) >= 11 is 12.5. The van der Waals surface area contributed by atoms with Crippen molar-refractivity contribution in [1.82, 2.24) is 10.2 Å². The molecule has 0 radical (unpaired) electrons. The van der Waals surface area contributed by atoms with E-state index in [1.54, 1.807) is 24.3 Å². The fraction of sp³-hybridized carbons (Fsp3) is 0.364. The van der Waals surface area contributed by atoms with Crippen molar-refractivity contribution in [3.63, 3.8) is 0 Å². The minimum absolute atomic E-state index is 0.0960. The third kappa shape index (κ3) is 3.81. The number of aliphatic hydroxyl groups is 1. The van der Waals surface area contributed by atoms with E-state index in [4.69, 9.17) is 27.9 Å². The molecule has 5 rings (SSSR count). The van der Waals surface area contributed by atoms with Crippen LogP contribution in [0.25, 0.3) is 0 Å². The number of β-amino-alcohol motifs (C(OH)–C–C–N with tert-alkyl or cyclic N) is 1. The molecule has 3 aliphatic rings. The minimum Gasteiger partial charge on any atom is -0.482 e. The second-order valence-corrected chi connectivity index (χ2v) is 9.10. The van der Waals surface area contributed by atoms with Gasteiger partial charge in [0.2, 0.25) is 5.91 Å². The predicted molar refractivity (Wildman–Crippen MR) is 117 cm³/mol. The zero-order chi connectivity index (χ0) is 22.6. The Bertz CT molecular complexity index is 1110. The lowest BCUT2D eigenvalue weighted by atomic mass is 10.1. The van der Waals surface area contributed by atoms with Crippen molar-refractivity contribution in [3.05, 3.63) is 57.3 Å². The molecule has 10 heteroatoms. The van der Waals surface area contributed by atoms with Gasteiger partial charge in [-0.25, -0.2) is 9.18 Å². The van der Waals surface area contributed by atoms with Gasteiger partial charge >= 0.3 is 6.03 Å². The van der Waals surface area contributed by atoms with Crippen molar-refractivity contribution in [2.75, 3.05) is 24.5 Å². The Labute approximate surface area is 193 Å². The summed E-state index contributed by atoms with van der Waals surface area (Å²) in [6.07, 6.45) is 0.0314. The van der Waals surface area contributed by atoms with Crippen LogP contribution in [0.1, 0.15) is 23.7 Å². The fourth-order valence-electron chi connectivity index (χ4n) is 4.69. The van der Waals surface area contributed by atoms with E-state index in [-0.39, 0.29) is 17.6 Å². The number of nitrogens with one attached hydrogen (secondary N) is 1. The first kappa shape index (κ1) is 21.5. The Morgan fingerprint density at radius 1 is 1.19 bits per heavy atom. The Hall–Kier alpha value is -2.39. The molecule has 3 amide bonds. The topological polar surface area (TPSA) is 82.1 Å². The Balaban J connectivity index is 1.50. The molecule has 1 aliphatic carbocycles. The van der Waals surface area contributed by atoms with Gasteiger partial charge in [0.25, 0.3) is 0 Å². The van der Waals surface area contributed by atoms with Gasteiger partial charge in [0.05, 0.1) is 17.2 Å². The quantitative estimate of drug-likeness (QED) is 0.657. The molecule has 0 aromatic heterocycles. The third-order valence-electron chi connectivity index (χ3n) is 6.20. The van der Waals surface area contributed by atoms with Gasteiger partial charge in [0.15, 0.2) is 0 Å². The molecule has 3 atom stereocenters. The first-order valence-electron chi connectivity index (χ1n) is 10.3. The van der Waals surface area contributed by atoms with E-state index in [9.17, 15) is 19.1 Å². The number of amides is 3. The number of urea groups is 1. The number of carbonyl (C=O) groups excluding carboxylic acids is 2. The molecule has 0 bridgehead atoms. The van der Waals surface area contributed by atoms with Gasteiger partial charge in [-0.15, -0.1) is 0 Å². The lowest BCUT2D eigenvalue weighted by molar-refractivity contribution is -0.117. The molecule has 2 fully saturated rings. The fourth-order valence-corrected chi connectivity index (χ4v) is 5.06. The van der Waals surface area contributed by atoms with Crippen molar-refractivity contribution < 1.29 is 23.8 Å². The highest BCUT2D eigenvalue weighted by atomic mass is 35.5. The van der Waals surface area contributed by atoms with Crippen LogP contribution in [-0.4, -0.2) is 53.7 Å². The van der Waals surface area contributed by atoms with E-state index in [0.29, 0.717) is 53.5 Å². The molecule has 32 heavy (non-hydrogen) atoms. The standard InChI is InChI=1S/C22H20Cl2FN3O4/c23-11-5-15-14(17(25)6-11)8-18(27-4-3-13(29)9-27)21(15)32-19-7-12(1-2-16(19)24)28-10-20(30)26-22(28)31/h1-2,5-7,13,18,21,29H,3-4,8-10H2,(H,26,30,31)/t13-,18+,21+/m1/s1. The van der Waals surface area contributed by atoms with Crippen LogP contribution in [0.2, 0.25) is 10.0 Å². The molecule has 0 unspecified atom stereocenters. The zero-order valence-electron chi connectivity index (χ0n) is 16.9. The number of hydrogen-bond donors (Lipinski definition) is 2. The zero-order valence-corrected chi connectivity index (χ0v) is 18.4. The maximum absolute atomic E-state index is 14.7. The molecule has 7 nitrogen and oxygen atoms in total. The number of anilines is 1. The van der Waals surface area contributed by atoms with Crippen molar-refractivity contribution in [2.24, 2.45) is 0 Å².